The number of aryl methyl sites for hydroxylation is 1. The Hall–Kier alpha value is -4.44. The summed E-state index contributed by atoms with van der Waals surface area (Å²) in [5, 5.41) is 16.5. The van der Waals surface area contributed by atoms with E-state index in [-0.39, 0.29) is 30.2 Å². The molecule has 0 aliphatic rings. The lowest BCUT2D eigenvalue weighted by molar-refractivity contribution is 0.0946. The second-order valence-electron chi connectivity index (χ2n) is 7.69. The lowest BCUT2D eigenvalue weighted by Gasteiger charge is -2.07. The number of hydrogen-bond donors (Lipinski definition) is 1. The highest BCUT2D eigenvalue weighted by Gasteiger charge is 2.14. The Labute approximate surface area is 204 Å². The number of carbonyl (C=O) groups is 1. The number of rotatable bonds is 7. The van der Waals surface area contributed by atoms with E-state index in [2.05, 4.69) is 25.6 Å². The minimum absolute atomic E-state index is 0.191. The van der Waals surface area contributed by atoms with Gasteiger partial charge < -0.3 is 5.32 Å². The molecule has 1 N–H and O–H groups in total. The molecule has 5 rings (SSSR count). The quantitative estimate of drug-likeness (QED) is 0.380. The largest absolute Gasteiger partial charge is 0.349 e. The van der Waals surface area contributed by atoms with Crippen LogP contribution in [0.3, 0.4) is 0 Å². The van der Waals surface area contributed by atoms with Crippen LogP contribution in [0.1, 0.15) is 16.2 Å². The molecule has 3 heterocycles. The summed E-state index contributed by atoms with van der Waals surface area (Å²) < 4.78 is 1.35. The monoisotopic (exact) mass is 483 g/mol. The zero-order valence-electron chi connectivity index (χ0n) is 18.8. The molecule has 9 nitrogen and oxygen atoms in total. The Morgan fingerprint density at radius 2 is 1.71 bits per heavy atom. The van der Waals surface area contributed by atoms with Gasteiger partial charge >= 0.3 is 0 Å². The first-order chi connectivity index (χ1) is 17.1. The number of nitrogens with one attached hydrogen (secondary N) is 1. The highest BCUT2D eigenvalue weighted by atomic mass is 32.1. The molecule has 5 aromatic rings. The van der Waals surface area contributed by atoms with Crippen LogP contribution in [0, 0.1) is 6.92 Å². The van der Waals surface area contributed by atoms with Gasteiger partial charge in [-0.3, -0.25) is 9.59 Å². The van der Waals surface area contributed by atoms with Gasteiger partial charge in [-0.2, -0.15) is 15.0 Å². The summed E-state index contributed by atoms with van der Waals surface area (Å²) in [7, 11) is 0. The zero-order valence-corrected chi connectivity index (χ0v) is 19.6. The third-order valence-corrected chi connectivity index (χ3v) is 6.47. The van der Waals surface area contributed by atoms with Crippen LogP contribution >= 0.6 is 11.3 Å². The van der Waals surface area contributed by atoms with Gasteiger partial charge in [0.15, 0.2) is 5.69 Å². The van der Waals surface area contributed by atoms with Gasteiger partial charge in [0.2, 0.25) is 0 Å². The molecule has 0 saturated carbocycles. The number of amides is 1. The molecule has 0 aliphatic carbocycles. The molecular formula is C25H21N7O2S. The average Bonchev–Trinajstić information content (AvgIpc) is 3.54. The van der Waals surface area contributed by atoms with E-state index in [1.165, 1.54) is 33.1 Å². The van der Waals surface area contributed by atoms with Crippen LogP contribution in [0.4, 0.5) is 0 Å². The molecule has 3 aromatic heterocycles. The van der Waals surface area contributed by atoms with Crippen molar-refractivity contribution in [1.29, 1.82) is 0 Å². The highest BCUT2D eigenvalue weighted by molar-refractivity contribution is 7.18. The number of aromatic nitrogens is 6. The van der Waals surface area contributed by atoms with E-state index in [4.69, 9.17) is 0 Å². The normalized spacial score (nSPS) is 10.9. The summed E-state index contributed by atoms with van der Waals surface area (Å²) in [6.07, 6.45) is 1.41. The summed E-state index contributed by atoms with van der Waals surface area (Å²) in [6.45, 7) is 2.36. The van der Waals surface area contributed by atoms with Gasteiger partial charge in [0.1, 0.15) is 10.7 Å². The van der Waals surface area contributed by atoms with E-state index >= 15 is 0 Å². The topological polar surface area (TPSA) is 108 Å². The van der Waals surface area contributed by atoms with Crippen LogP contribution in [-0.2, 0) is 6.54 Å². The van der Waals surface area contributed by atoms with Crippen molar-refractivity contribution >= 4 is 17.2 Å². The van der Waals surface area contributed by atoms with Crippen LogP contribution in [0.25, 0.3) is 26.8 Å². The van der Waals surface area contributed by atoms with E-state index in [0.29, 0.717) is 5.69 Å². The fourth-order valence-electron chi connectivity index (χ4n) is 3.49. The molecular weight excluding hydrogens is 462 g/mol. The fraction of sp³-hybridized carbons (Fsp3) is 0.120. The van der Waals surface area contributed by atoms with Gasteiger partial charge in [0.25, 0.3) is 11.5 Å². The van der Waals surface area contributed by atoms with E-state index < -0.39 is 0 Å². The first kappa shape index (κ1) is 22.4. The second-order valence-corrected chi connectivity index (χ2v) is 8.69. The highest BCUT2D eigenvalue weighted by Crippen LogP contribution is 2.33. The predicted octanol–water partition coefficient (Wildman–Crippen LogP) is 3.35. The molecule has 0 saturated heterocycles. The minimum Gasteiger partial charge on any atom is -0.349 e. The summed E-state index contributed by atoms with van der Waals surface area (Å²) in [5.41, 5.74) is 3.25. The van der Waals surface area contributed by atoms with Crippen LogP contribution in [-0.4, -0.2) is 42.2 Å². The molecule has 10 heteroatoms. The third-order valence-electron chi connectivity index (χ3n) is 5.24. The van der Waals surface area contributed by atoms with Crippen molar-refractivity contribution in [3.63, 3.8) is 0 Å². The maximum Gasteiger partial charge on any atom is 0.273 e. The van der Waals surface area contributed by atoms with Crippen molar-refractivity contribution in [3.8, 4) is 26.8 Å². The van der Waals surface area contributed by atoms with Gasteiger partial charge in [-0.15, -0.1) is 16.4 Å². The fourth-order valence-corrected chi connectivity index (χ4v) is 4.52. The molecule has 0 spiro atoms. The Balaban J connectivity index is 1.27. The molecule has 2 aromatic carbocycles. The predicted molar refractivity (Wildman–Crippen MR) is 133 cm³/mol. The molecule has 0 bridgehead atoms. The Bertz CT molecular complexity index is 1520. The van der Waals surface area contributed by atoms with Crippen LogP contribution in [0.2, 0.25) is 0 Å². The van der Waals surface area contributed by atoms with E-state index in [1.54, 1.807) is 6.07 Å². The van der Waals surface area contributed by atoms with Gasteiger partial charge in [-0.05, 0) is 25.1 Å². The van der Waals surface area contributed by atoms with Crippen molar-refractivity contribution < 1.29 is 4.79 Å². The van der Waals surface area contributed by atoms with Gasteiger partial charge in [0.05, 0.1) is 29.0 Å². The number of hydrogen-bond acceptors (Lipinski definition) is 7. The average molecular weight is 484 g/mol. The van der Waals surface area contributed by atoms with Crippen LogP contribution < -0.4 is 10.9 Å². The summed E-state index contributed by atoms with van der Waals surface area (Å²) in [5.74, 6) is -0.373. The van der Waals surface area contributed by atoms with E-state index in [1.807, 2.05) is 67.6 Å². The number of carbonyl (C=O) groups excluding carboxylic acids is 1. The summed E-state index contributed by atoms with van der Waals surface area (Å²) in [4.78, 5) is 31.8. The third kappa shape index (κ3) is 4.92. The molecule has 0 aliphatic heterocycles. The van der Waals surface area contributed by atoms with Crippen molar-refractivity contribution in [1.82, 2.24) is 35.1 Å². The molecule has 0 unspecified atom stereocenters. The van der Waals surface area contributed by atoms with Crippen molar-refractivity contribution in [2.75, 3.05) is 6.54 Å². The number of para-hydroxylation sites is 1. The maximum atomic E-state index is 12.5. The SMILES string of the molecule is Cc1nc(-c2ccccc2)sc1-c1ccc(=O)n(CCNC(=O)c2cnn(-c3ccccc3)n2)n1. The number of thiazole rings is 1. The first-order valence-electron chi connectivity index (χ1n) is 11.0. The molecule has 35 heavy (non-hydrogen) atoms. The zero-order chi connectivity index (χ0) is 24.2. The van der Waals surface area contributed by atoms with Gasteiger partial charge in [0, 0.05) is 18.2 Å². The van der Waals surface area contributed by atoms with Crippen LogP contribution in [0.15, 0.2) is 83.8 Å². The Morgan fingerprint density at radius 1 is 0.971 bits per heavy atom. The molecule has 174 valence electrons. The summed E-state index contributed by atoms with van der Waals surface area (Å²) in [6, 6.07) is 22.4. The van der Waals surface area contributed by atoms with E-state index in [0.717, 1.165) is 26.8 Å². The van der Waals surface area contributed by atoms with E-state index in [9.17, 15) is 9.59 Å². The Morgan fingerprint density at radius 3 is 2.49 bits per heavy atom. The second kappa shape index (κ2) is 9.82. The number of nitrogens with zero attached hydrogens (tertiary/aromatic N) is 6. The minimum atomic E-state index is -0.373. The molecule has 0 atom stereocenters. The van der Waals surface area contributed by atoms with Crippen molar-refractivity contribution in [3.05, 3.63) is 101 Å². The lowest BCUT2D eigenvalue weighted by Crippen LogP contribution is -2.32. The Kier molecular flexibility index (Phi) is 6.27. The lowest BCUT2D eigenvalue weighted by atomic mass is 10.2. The van der Waals surface area contributed by atoms with Gasteiger partial charge in [-0.1, -0.05) is 48.5 Å². The molecule has 0 radical (unpaired) electrons. The first-order valence-corrected chi connectivity index (χ1v) is 11.8. The maximum absolute atomic E-state index is 12.5. The summed E-state index contributed by atoms with van der Waals surface area (Å²) >= 11 is 1.53. The smallest absolute Gasteiger partial charge is 0.273 e. The van der Waals surface area contributed by atoms with Crippen molar-refractivity contribution in [2.45, 2.75) is 13.5 Å². The number of benzene rings is 2. The molecule has 0 fully saturated rings. The molecule has 1 amide bonds. The van der Waals surface area contributed by atoms with Crippen LogP contribution in [0.5, 0.6) is 0 Å². The van der Waals surface area contributed by atoms with Gasteiger partial charge in [-0.25, -0.2) is 9.67 Å². The van der Waals surface area contributed by atoms with Crippen molar-refractivity contribution in [2.24, 2.45) is 0 Å². The standard InChI is InChI=1S/C25H21N7O2S/c1-17-23(35-25(28-17)18-8-4-2-5-9-18)20-12-13-22(33)31(29-20)15-14-26-24(34)21-16-27-32(30-21)19-10-6-3-7-11-19/h2-13,16H,14-15H2,1H3,(H,26,34).